The van der Waals surface area contributed by atoms with E-state index in [2.05, 4.69) is 15.2 Å². The lowest BCUT2D eigenvalue weighted by atomic mass is 10.3. The highest BCUT2D eigenvalue weighted by Crippen LogP contribution is 2.31. The molecule has 26 heavy (non-hydrogen) atoms. The number of pyridine rings is 1. The van der Waals surface area contributed by atoms with E-state index in [0.29, 0.717) is 35.2 Å². The number of aromatic nitrogens is 2. The summed E-state index contributed by atoms with van der Waals surface area (Å²) < 4.78 is 11.8. The lowest BCUT2D eigenvalue weighted by Crippen LogP contribution is -2.04. The van der Waals surface area contributed by atoms with E-state index in [-0.39, 0.29) is 12.2 Å². The average molecular weight is 354 g/mol. The molecular weight excluding hydrogens is 336 g/mol. The number of carbonyl (C=O) groups excluding carboxylic acids is 1. The predicted molar refractivity (Wildman–Crippen MR) is 94.4 cm³/mol. The topological polar surface area (TPSA) is 97.8 Å². The molecule has 8 heteroatoms. The van der Waals surface area contributed by atoms with Gasteiger partial charge in [-0.1, -0.05) is 12.1 Å². The third kappa shape index (κ3) is 3.49. The molecule has 0 aliphatic rings. The zero-order valence-electron chi connectivity index (χ0n) is 14.4. The summed E-state index contributed by atoms with van der Waals surface area (Å²) in [7, 11) is 1.30. The molecule has 3 aromatic rings. The van der Waals surface area contributed by atoms with Crippen LogP contribution in [0.15, 0.2) is 52.8 Å². The monoisotopic (exact) mass is 354 g/mol. The molecular formula is C18H18N4O4. The highest BCUT2D eigenvalue weighted by molar-refractivity contribution is 5.75. The lowest BCUT2D eigenvalue weighted by molar-refractivity contribution is -0.139. The predicted octanol–water partition coefficient (Wildman–Crippen LogP) is 3.57. The number of azo groups is 1. The smallest absolute Gasteiger partial charge is 0.311 e. The molecule has 0 amide bonds. The second-order valence-corrected chi connectivity index (χ2v) is 5.32. The van der Waals surface area contributed by atoms with E-state index in [0.717, 1.165) is 0 Å². The van der Waals surface area contributed by atoms with E-state index in [9.17, 15) is 9.90 Å². The van der Waals surface area contributed by atoms with Crippen molar-refractivity contribution in [2.75, 3.05) is 13.7 Å². The highest BCUT2D eigenvalue weighted by Gasteiger charge is 2.17. The van der Waals surface area contributed by atoms with Crippen molar-refractivity contribution in [3.63, 3.8) is 0 Å². The van der Waals surface area contributed by atoms with Crippen molar-refractivity contribution in [2.24, 2.45) is 10.2 Å². The Balaban J connectivity index is 2.07. The van der Waals surface area contributed by atoms with Gasteiger partial charge < -0.3 is 14.6 Å². The summed E-state index contributed by atoms with van der Waals surface area (Å²) in [5.74, 6) is 0.464. The minimum atomic E-state index is -0.459. The quantitative estimate of drug-likeness (QED) is 0.539. The molecule has 0 bridgehead atoms. The third-order valence-corrected chi connectivity index (χ3v) is 3.63. The van der Waals surface area contributed by atoms with E-state index in [1.54, 1.807) is 28.8 Å². The van der Waals surface area contributed by atoms with Crippen LogP contribution >= 0.6 is 0 Å². The summed E-state index contributed by atoms with van der Waals surface area (Å²) in [4.78, 5) is 16.0. The molecule has 2 heterocycles. The van der Waals surface area contributed by atoms with E-state index in [1.165, 1.54) is 13.2 Å². The van der Waals surface area contributed by atoms with Crippen LogP contribution in [0.5, 0.6) is 11.5 Å². The van der Waals surface area contributed by atoms with Gasteiger partial charge in [0.25, 0.3) is 0 Å². The Hall–Kier alpha value is -3.42. The summed E-state index contributed by atoms with van der Waals surface area (Å²) >= 11 is 0. The number of esters is 1. The Kier molecular flexibility index (Phi) is 5.12. The Morgan fingerprint density at radius 3 is 2.81 bits per heavy atom. The van der Waals surface area contributed by atoms with Gasteiger partial charge in [-0.05, 0) is 31.2 Å². The molecule has 0 spiro atoms. The summed E-state index contributed by atoms with van der Waals surface area (Å²) in [5, 5.41) is 18.5. The van der Waals surface area contributed by atoms with E-state index in [4.69, 9.17) is 9.47 Å². The normalized spacial score (nSPS) is 11.2. The molecule has 0 atom stereocenters. The first-order valence-electron chi connectivity index (χ1n) is 8.03. The number of aromatic hydroxyl groups is 1. The van der Waals surface area contributed by atoms with Crippen LogP contribution in [0.1, 0.15) is 12.6 Å². The molecule has 134 valence electrons. The van der Waals surface area contributed by atoms with Crippen LogP contribution in [-0.2, 0) is 16.0 Å². The van der Waals surface area contributed by atoms with Crippen molar-refractivity contribution >= 4 is 23.1 Å². The molecule has 0 aliphatic heterocycles. The van der Waals surface area contributed by atoms with Crippen LogP contribution in [0.2, 0.25) is 0 Å². The van der Waals surface area contributed by atoms with Crippen LogP contribution in [0.4, 0.5) is 11.5 Å². The van der Waals surface area contributed by atoms with Crippen LogP contribution in [0.25, 0.3) is 5.65 Å². The number of methoxy groups -OCH3 is 1. The number of ether oxygens (including phenoxy) is 2. The fourth-order valence-corrected chi connectivity index (χ4v) is 2.44. The van der Waals surface area contributed by atoms with Crippen molar-refractivity contribution in [1.29, 1.82) is 0 Å². The number of imidazole rings is 1. The SMILES string of the molecule is CCOc1ccccc1N=Nc1c(CC(=O)OC)nc2c(O)cccn12. The largest absolute Gasteiger partial charge is 0.504 e. The average Bonchev–Trinajstić information content (AvgIpc) is 3.00. The molecule has 0 fully saturated rings. The van der Waals surface area contributed by atoms with Crippen LogP contribution in [0.3, 0.4) is 0 Å². The van der Waals surface area contributed by atoms with Gasteiger partial charge in [-0.3, -0.25) is 9.20 Å². The van der Waals surface area contributed by atoms with E-state index < -0.39 is 5.97 Å². The Bertz CT molecular complexity index is 965. The number of fused-ring (bicyclic) bond motifs is 1. The van der Waals surface area contributed by atoms with Gasteiger partial charge in [-0.25, -0.2) is 4.98 Å². The second kappa shape index (κ2) is 7.64. The molecule has 1 aromatic carbocycles. The fourth-order valence-electron chi connectivity index (χ4n) is 2.44. The maximum Gasteiger partial charge on any atom is 0.311 e. The Morgan fingerprint density at radius 2 is 2.04 bits per heavy atom. The van der Waals surface area contributed by atoms with Gasteiger partial charge in [-0.15, -0.1) is 10.2 Å². The maximum absolute atomic E-state index is 11.7. The lowest BCUT2D eigenvalue weighted by Gasteiger charge is -2.05. The number of hydrogen-bond acceptors (Lipinski definition) is 7. The van der Waals surface area contributed by atoms with Crippen molar-refractivity contribution in [3.8, 4) is 11.5 Å². The molecule has 0 aliphatic carbocycles. The molecule has 8 nitrogen and oxygen atoms in total. The number of nitrogens with zero attached hydrogens (tertiary/aromatic N) is 4. The summed E-state index contributed by atoms with van der Waals surface area (Å²) in [5.41, 5.74) is 1.20. The maximum atomic E-state index is 11.7. The van der Waals surface area contributed by atoms with Gasteiger partial charge in [0.2, 0.25) is 0 Å². The van der Waals surface area contributed by atoms with E-state index in [1.807, 2.05) is 19.1 Å². The number of hydrogen-bond donors (Lipinski definition) is 1. The van der Waals surface area contributed by atoms with Gasteiger partial charge in [0.1, 0.15) is 11.4 Å². The van der Waals surface area contributed by atoms with Crippen molar-refractivity contribution in [3.05, 3.63) is 48.3 Å². The molecule has 3 rings (SSSR count). The zero-order valence-corrected chi connectivity index (χ0v) is 14.4. The highest BCUT2D eigenvalue weighted by atomic mass is 16.5. The first-order chi connectivity index (χ1) is 12.6. The third-order valence-electron chi connectivity index (χ3n) is 3.63. The molecule has 0 radical (unpaired) electrons. The minimum absolute atomic E-state index is 0.0187. The van der Waals surface area contributed by atoms with E-state index >= 15 is 0 Å². The van der Waals surface area contributed by atoms with Crippen molar-refractivity contribution in [2.45, 2.75) is 13.3 Å². The molecule has 1 N–H and O–H groups in total. The number of para-hydroxylation sites is 1. The van der Waals surface area contributed by atoms with Gasteiger partial charge in [-0.2, -0.15) is 0 Å². The number of rotatable bonds is 6. The Labute approximate surface area is 149 Å². The van der Waals surface area contributed by atoms with Crippen LogP contribution in [-0.4, -0.2) is 34.2 Å². The number of carbonyl (C=O) groups is 1. The minimum Gasteiger partial charge on any atom is -0.504 e. The van der Waals surface area contributed by atoms with Crippen molar-refractivity contribution < 1.29 is 19.4 Å². The van der Waals surface area contributed by atoms with Crippen LogP contribution < -0.4 is 4.74 Å². The summed E-state index contributed by atoms with van der Waals surface area (Å²) in [6.07, 6.45) is 1.60. The fraction of sp³-hybridized carbons (Fsp3) is 0.222. The number of benzene rings is 1. The van der Waals surface area contributed by atoms with Gasteiger partial charge in [0.05, 0.1) is 25.8 Å². The van der Waals surface area contributed by atoms with Gasteiger partial charge in [0, 0.05) is 6.20 Å². The van der Waals surface area contributed by atoms with Crippen LogP contribution in [0, 0.1) is 0 Å². The zero-order chi connectivity index (χ0) is 18.5. The van der Waals surface area contributed by atoms with Gasteiger partial charge in [0.15, 0.2) is 17.2 Å². The second-order valence-electron chi connectivity index (χ2n) is 5.32. The van der Waals surface area contributed by atoms with Gasteiger partial charge >= 0.3 is 5.97 Å². The summed E-state index contributed by atoms with van der Waals surface area (Å²) in [6, 6.07) is 10.4. The first kappa shape index (κ1) is 17.4. The first-order valence-corrected chi connectivity index (χ1v) is 8.03. The summed E-state index contributed by atoms with van der Waals surface area (Å²) in [6.45, 7) is 2.39. The molecule has 0 unspecified atom stereocenters. The molecule has 0 saturated heterocycles. The standard InChI is InChI=1S/C18H18N4O4/c1-3-26-15-9-5-4-7-12(15)20-21-17-13(11-16(24)25-2)19-18-14(23)8-6-10-22(17)18/h4-10,23H,3,11H2,1-2H3. The molecule has 2 aromatic heterocycles. The molecule has 0 saturated carbocycles. The Morgan fingerprint density at radius 1 is 1.23 bits per heavy atom. The van der Waals surface area contributed by atoms with Crippen molar-refractivity contribution in [1.82, 2.24) is 9.38 Å².